The number of hydrogen-bond donors (Lipinski definition) is 5. The fourth-order valence-electron chi connectivity index (χ4n) is 3.01. The molecule has 0 radical (unpaired) electrons. The van der Waals surface area contributed by atoms with Crippen molar-refractivity contribution >= 4 is 17.2 Å². The van der Waals surface area contributed by atoms with E-state index in [0.717, 1.165) is 22.4 Å². The van der Waals surface area contributed by atoms with Gasteiger partial charge in [-0.1, -0.05) is 55.8 Å². The number of Topliss-reactive ketones (excluding diaryl/α,β-unsaturated/α-hetero) is 1. The number of aliphatic hydroxyl groups is 1. The lowest BCUT2D eigenvalue weighted by Crippen LogP contribution is -2.40. The summed E-state index contributed by atoms with van der Waals surface area (Å²) in [7, 11) is 1.84. The van der Waals surface area contributed by atoms with E-state index in [9.17, 15) is 9.90 Å². The normalized spacial score (nSPS) is 12.3. The molecule has 0 saturated heterocycles. The van der Waals surface area contributed by atoms with E-state index in [1.165, 1.54) is 0 Å². The maximum Gasteiger partial charge on any atom is 0.165 e. The first-order chi connectivity index (χ1) is 14.5. The summed E-state index contributed by atoms with van der Waals surface area (Å²) in [6.45, 7) is 6.38. The molecule has 0 aliphatic heterocycles. The van der Waals surface area contributed by atoms with Crippen LogP contribution in [0, 0.1) is 6.92 Å². The Hall–Kier alpha value is -2.67. The van der Waals surface area contributed by atoms with Crippen LogP contribution in [0.25, 0.3) is 5.70 Å². The Morgan fingerprint density at radius 2 is 1.80 bits per heavy atom. The Morgan fingerprint density at radius 1 is 1.13 bits per heavy atom. The third-order valence-electron chi connectivity index (χ3n) is 4.61. The Labute approximate surface area is 180 Å². The van der Waals surface area contributed by atoms with Gasteiger partial charge in [-0.3, -0.25) is 10.1 Å². The fraction of sp³-hybridized carbons (Fsp3) is 0.375. The molecule has 6 nitrogen and oxygen atoms in total. The molecule has 0 aliphatic rings. The monoisotopic (exact) mass is 412 g/mol. The number of nitrogens with two attached hydrogens (primary N) is 2. The molecule has 1 unspecified atom stereocenters. The highest BCUT2D eigenvalue weighted by atomic mass is 16.3. The van der Waals surface area contributed by atoms with Gasteiger partial charge in [-0.15, -0.1) is 0 Å². The van der Waals surface area contributed by atoms with Gasteiger partial charge in [-0.05, 0) is 31.1 Å². The predicted octanol–water partition coefficient (Wildman–Crippen LogP) is 3.26. The van der Waals surface area contributed by atoms with Gasteiger partial charge in [0, 0.05) is 49.1 Å². The topological polar surface area (TPSA) is 113 Å². The molecule has 1 atom stereocenters. The van der Waals surface area contributed by atoms with E-state index in [1.807, 2.05) is 64.2 Å². The molecule has 0 aromatic heterocycles. The van der Waals surface area contributed by atoms with E-state index in [4.69, 9.17) is 11.5 Å². The van der Waals surface area contributed by atoms with Gasteiger partial charge in [-0.25, -0.2) is 0 Å². The van der Waals surface area contributed by atoms with Crippen molar-refractivity contribution in [2.24, 2.45) is 11.5 Å². The van der Waals surface area contributed by atoms with Crippen LogP contribution < -0.4 is 22.1 Å². The number of anilines is 1. The Kier molecular flexibility index (Phi) is 11.4. The molecule has 164 valence electrons. The van der Waals surface area contributed by atoms with E-state index in [-0.39, 0.29) is 18.8 Å². The lowest BCUT2D eigenvalue weighted by molar-refractivity contribution is 0.0970. The van der Waals surface area contributed by atoms with Crippen LogP contribution in [0.4, 0.5) is 5.69 Å². The van der Waals surface area contributed by atoms with Crippen LogP contribution in [0.5, 0.6) is 0 Å². The molecule has 0 saturated carbocycles. The summed E-state index contributed by atoms with van der Waals surface area (Å²) in [6, 6.07) is 15.1. The van der Waals surface area contributed by atoms with Crippen LogP contribution in [-0.2, 0) is 0 Å². The molecule has 0 bridgehead atoms. The molecule has 30 heavy (non-hydrogen) atoms. The second-order valence-electron chi connectivity index (χ2n) is 6.77. The zero-order valence-corrected chi connectivity index (χ0v) is 18.5. The van der Waals surface area contributed by atoms with Crippen molar-refractivity contribution in [1.82, 2.24) is 5.32 Å². The van der Waals surface area contributed by atoms with Gasteiger partial charge in [0.1, 0.15) is 0 Å². The van der Waals surface area contributed by atoms with Crippen molar-refractivity contribution in [3.05, 3.63) is 70.8 Å². The number of ketones is 1. The summed E-state index contributed by atoms with van der Waals surface area (Å²) in [4.78, 5) is 12.3. The number of hydrogen-bond acceptors (Lipinski definition) is 6. The number of nitrogens with one attached hydrogen (secondary N) is 2. The van der Waals surface area contributed by atoms with Gasteiger partial charge in [0.15, 0.2) is 5.78 Å². The van der Waals surface area contributed by atoms with Gasteiger partial charge in [0.25, 0.3) is 0 Å². The highest BCUT2D eigenvalue weighted by molar-refractivity contribution is 5.96. The summed E-state index contributed by atoms with van der Waals surface area (Å²) in [5, 5.41) is 15.8. The van der Waals surface area contributed by atoms with E-state index in [0.29, 0.717) is 24.2 Å². The minimum atomic E-state index is -0.504. The van der Waals surface area contributed by atoms with E-state index < -0.39 is 6.17 Å². The van der Waals surface area contributed by atoms with Crippen molar-refractivity contribution in [3.63, 3.8) is 0 Å². The highest BCUT2D eigenvalue weighted by Gasteiger charge is 2.14. The second-order valence-corrected chi connectivity index (χ2v) is 6.77. The number of rotatable bonds is 10. The first kappa shape index (κ1) is 25.4. The highest BCUT2D eigenvalue weighted by Crippen LogP contribution is 2.25. The molecule has 0 fully saturated rings. The van der Waals surface area contributed by atoms with Gasteiger partial charge in [0.05, 0.1) is 6.17 Å². The molecule has 7 N–H and O–H groups in total. The standard InChI is InChI=1S/C22H30N4O2.C2H6/c1-15-8-9-19(25-2)18(12-15)22(24)17(10-11-27)14-26-21(23)13-20(28)16-6-4-3-5-7-16;1-2/h3-9,12,21,25-27H,10-11,13-14,23-24H2,1-2H3;1-2H3/b22-17-;. The number of benzene rings is 2. The second kappa shape index (κ2) is 13.5. The summed E-state index contributed by atoms with van der Waals surface area (Å²) in [5.74, 6) is -0.0163. The summed E-state index contributed by atoms with van der Waals surface area (Å²) >= 11 is 0. The molecule has 6 heteroatoms. The molecule has 2 aromatic rings. The molecular formula is C24H36N4O2. The SMILES string of the molecule is CC.CNc1ccc(C)cc1/C(N)=C(\CCO)CNC(N)CC(=O)c1ccccc1. The van der Waals surface area contributed by atoms with Crippen LogP contribution >= 0.6 is 0 Å². The van der Waals surface area contributed by atoms with Crippen LogP contribution in [-0.4, -0.2) is 37.3 Å². The number of aliphatic hydroxyl groups excluding tert-OH is 1. The maximum atomic E-state index is 12.3. The quantitative estimate of drug-likeness (QED) is 0.302. The largest absolute Gasteiger partial charge is 0.398 e. The number of carbonyl (C=O) groups excluding carboxylic acids is 1. The molecule has 2 aromatic carbocycles. The Balaban J connectivity index is 0.00000218. The molecule has 0 heterocycles. The minimum Gasteiger partial charge on any atom is -0.398 e. The van der Waals surface area contributed by atoms with Gasteiger partial charge < -0.3 is 21.9 Å². The number of carbonyl (C=O) groups is 1. The summed E-state index contributed by atoms with van der Waals surface area (Å²) in [5.41, 5.74) is 17.5. The lowest BCUT2D eigenvalue weighted by Gasteiger charge is -2.18. The van der Waals surface area contributed by atoms with Crippen molar-refractivity contribution in [2.45, 2.75) is 39.8 Å². The smallest absolute Gasteiger partial charge is 0.165 e. The van der Waals surface area contributed by atoms with E-state index >= 15 is 0 Å². The average molecular weight is 413 g/mol. The van der Waals surface area contributed by atoms with Crippen molar-refractivity contribution in [1.29, 1.82) is 0 Å². The zero-order valence-electron chi connectivity index (χ0n) is 18.5. The first-order valence-electron chi connectivity index (χ1n) is 10.4. The third kappa shape index (κ3) is 7.63. The van der Waals surface area contributed by atoms with Crippen molar-refractivity contribution < 1.29 is 9.90 Å². The zero-order chi connectivity index (χ0) is 22.5. The summed E-state index contributed by atoms with van der Waals surface area (Å²) < 4.78 is 0. The van der Waals surface area contributed by atoms with Gasteiger partial charge in [0.2, 0.25) is 0 Å². The molecule has 0 spiro atoms. The van der Waals surface area contributed by atoms with Crippen LogP contribution in [0.2, 0.25) is 0 Å². The third-order valence-corrected chi connectivity index (χ3v) is 4.61. The van der Waals surface area contributed by atoms with Crippen LogP contribution in [0.1, 0.15) is 48.2 Å². The predicted molar refractivity (Wildman–Crippen MR) is 126 cm³/mol. The summed E-state index contributed by atoms with van der Waals surface area (Å²) in [6.07, 6.45) is 0.105. The van der Waals surface area contributed by atoms with Gasteiger partial charge >= 0.3 is 0 Å². The number of aryl methyl sites for hydroxylation is 1. The Morgan fingerprint density at radius 3 is 2.40 bits per heavy atom. The van der Waals surface area contributed by atoms with Crippen molar-refractivity contribution in [2.75, 3.05) is 25.5 Å². The molecule has 2 rings (SSSR count). The van der Waals surface area contributed by atoms with Gasteiger partial charge in [-0.2, -0.15) is 0 Å². The molecule has 0 amide bonds. The molecule has 0 aliphatic carbocycles. The average Bonchev–Trinajstić information content (AvgIpc) is 2.78. The maximum absolute atomic E-state index is 12.3. The lowest BCUT2D eigenvalue weighted by atomic mass is 10.0. The fourth-order valence-corrected chi connectivity index (χ4v) is 3.01. The van der Waals surface area contributed by atoms with E-state index in [2.05, 4.69) is 10.6 Å². The van der Waals surface area contributed by atoms with Crippen molar-refractivity contribution in [3.8, 4) is 0 Å². The minimum absolute atomic E-state index is 0.0163. The van der Waals surface area contributed by atoms with Crippen LogP contribution in [0.3, 0.4) is 0 Å². The Bertz CT molecular complexity index is 819. The first-order valence-corrected chi connectivity index (χ1v) is 10.4. The molecular weight excluding hydrogens is 376 g/mol. The van der Waals surface area contributed by atoms with Crippen LogP contribution in [0.15, 0.2) is 54.1 Å². The van der Waals surface area contributed by atoms with E-state index in [1.54, 1.807) is 12.1 Å².